The molecule has 1 unspecified atom stereocenters. The fraction of sp³-hybridized carbons (Fsp3) is 0.538. The zero-order valence-corrected chi connectivity index (χ0v) is 11.9. The number of hydrogen-bond donors (Lipinski definition) is 3. The Morgan fingerprint density at radius 3 is 2.65 bits per heavy atom. The van der Waals surface area contributed by atoms with E-state index in [9.17, 15) is 10.2 Å². The van der Waals surface area contributed by atoms with Crippen LogP contribution in [-0.4, -0.2) is 20.2 Å². The van der Waals surface area contributed by atoms with E-state index in [1.165, 1.54) is 31.7 Å². The van der Waals surface area contributed by atoms with E-state index in [0.29, 0.717) is 9.97 Å². The van der Waals surface area contributed by atoms with Crippen LogP contribution in [0.5, 0.6) is 11.5 Å². The van der Waals surface area contributed by atoms with E-state index in [4.69, 9.17) is 0 Å². The normalized spacial score (nSPS) is 24.8. The van der Waals surface area contributed by atoms with E-state index in [0.717, 1.165) is 12.1 Å². The summed E-state index contributed by atoms with van der Waals surface area (Å²) in [4.78, 5) is 0. The summed E-state index contributed by atoms with van der Waals surface area (Å²) in [5.41, 5.74) is 1.01. The third-order valence-electron chi connectivity index (χ3n) is 3.29. The van der Waals surface area contributed by atoms with Crippen LogP contribution in [0.25, 0.3) is 0 Å². The van der Waals surface area contributed by atoms with E-state index in [2.05, 4.69) is 27.9 Å². The largest absolute Gasteiger partial charge is 0.504 e. The Hall–Kier alpha value is -0.490. The fourth-order valence-electron chi connectivity index (χ4n) is 2.24. The van der Waals surface area contributed by atoms with Crippen LogP contribution in [0.1, 0.15) is 31.2 Å². The molecule has 94 valence electrons. The van der Waals surface area contributed by atoms with Gasteiger partial charge < -0.3 is 15.5 Å². The third kappa shape index (κ3) is 3.48. The zero-order chi connectivity index (χ0) is 12.3. The van der Waals surface area contributed by atoms with Crippen molar-refractivity contribution in [3.05, 3.63) is 23.8 Å². The van der Waals surface area contributed by atoms with Crippen LogP contribution in [-0.2, 0) is 6.54 Å². The Labute approximate surface area is 115 Å². The molecular weight excluding hydrogens is 329 g/mol. The van der Waals surface area contributed by atoms with E-state index >= 15 is 0 Å². The van der Waals surface area contributed by atoms with Gasteiger partial charge in [0.1, 0.15) is 0 Å². The van der Waals surface area contributed by atoms with Gasteiger partial charge >= 0.3 is 0 Å². The number of benzene rings is 1. The van der Waals surface area contributed by atoms with Crippen molar-refractivity contribution in [2.75, 3.05) is 0 Å². The second-order valence-electron chi connectivity index (χ2n) is 4.61. The van der Waals surface area contributed by atoms with Gasteiger partial charge in [0.2, 0.25) is 0 Å². The van der Waals surface area contributed by atoms with Crippen molar-refractivity contribution in [3.8, 4) is 11.5 Å². The van der Waals surface area contributed by atoms with Crippen molar-refractivity contribution >= 4 is 22.6 Å². The first kappa shape index (κ1) is 13.0. The number of alkyl halides is 1. The first-order valence-corrected chi connectivity index (χ1v) is 7.29. The summed E-state index contributed by atoms with van der Waals surface area (Å²) in [6.45, 7) is 0.748. The first-order valence-electron chi connectivity index (χ1n) is 6.05. The maximum Gasteiger partial charge on any atom is 0.157 e. The maximum atomic E-state index is 9.41. The first-order chi connectivity index (χ1) is 8.16. The molecule has 17 heavy (non-hydrogen) atoms. The van der Waals surface area contributed by atoms with Crippen molar-refractivity contribution < 1.29 is 10.2 Å². The predicted octanol–water partition coefficient (Wildman–Crippen LogP) is 2.93. The lowest BCUT2D eigenvalue weighted by atomic mass is 9.95. The highest BCUT2D eigenvalue weighted by molar-refractivity contribution is 14.1. The second kappa shape index (κ2) is 5.91. The Morgan fingerprint density at radius 1 is 1.18 bits per heavy atom. The van der Waals surface area contributed by atoms with Crippen LogP contribution in [0.3, 0.4) is 0 Å². The molecule has 1 fully saturated rings. The molecule has 0 bridgehead atoms. The van der Waals surface area contributed by atoms with Gasteiger partial charge in [-0.05, 0) is 30.5 Å². The van der Waals surface area contributed by atoms with Crippen LogP contribution in [0.4, 0.5) is 0 Å². The SMILES string of the molecule is Oc1ccc(CNC2CCCC[C@H]2I)cc1O. The average Bonchev–Trinajstić information content (AvgIpc) is 2.32. The second-order valence-corrected chi connectivity index (χ2v) is 6.21. The van der Waals surface area contributed by atoms with E-state index in [1.807, 2.05) is 6.07 Å². The fourth-order valence-corrected chi connectivity index (χ4v) is 3.30. The van der Waals surface area contributed by atoms with Crippen LogP contribution in [0.15, 0.2) is 18.2 Å². The average molecular weight is 347 g/mol. The minimum atomic E-state index is -0.0572. The van der Waals surface area contributed by atoms with Crippen molar-refractivity contribution in [2.45, 2.75) is 42.2 Å². The van der Waals surface area contributed by atoms with Crippen LogP contribution in [0, 0.1) is 0 Å². The van der Waals surface area contributed by atoms with Gasteiger partial charge in [-0.1, -0.05) is 41.5 Å². The molecule has 0 radical (unpaired) electrons. The quantitative estimate of drug-likeness (QED) is 0.448. The summed E-state index contributed by atoms with van der Waals surface area (Å²) in [6, 6.07) is 5.56. The minimum absolute atomic E-state index is 0.0426. The third-order valence-corrected chi connectivity index (χ3v) is 4.78. The summed E-state index contributed by atoms with van der Waals surface area (Å²) in [7, 11) is 0. The summed E-state index contributed by atoms with van der Waals surface area (Å²) >= 11 is 2.52. The van der Waals surface area contributed by atoms with Crippen LogP contribution >= 0.6 is 22.6 Å². The number of phenolic OH excluding ortho intramolecular Hbond substituents is 2. The van der Waals surface area contributed by atoms with Gasteiger partial charge in [-0.25, -0.2) is 0 Å². The van der Waals surface area contributed by atoms with Crippen molar-refractivity contribution in [2.24, 2.45) is 0 Å². The van der Waals surface area contributed by atoms with Gasteiger partial charge in [-0.2, -0.15) is 0 Å². The smallest absolute Gasteiger partial charge is 0.157 e. The highest BCUT2D eigenvalue weighted by Gasteiger charge is 2.21. The molecule has 4 heteroatoms. The molecule has 1 aromatic carbocycles. The number of aromatic hydroxyl groups is 2. The van der Waals surface area contributed by atoms with Gasteiger partial charge in [-0.3, -0.25) is 0 Å². The molecule has 1 aliphatic carbocycles. The summed E-state index contributed by atoms with van der Waals surface area (Å²) in [6.07, 6.45) is 5.17. The molecule has 2 atom stereocenters. The van der Waals surface area contributed by atoms with Crippen LogP contribution in [0.2, 0.25) is 0 Å². The molecule has 0 spiro atoms. The van der Waals surface area contributed by atoms with Crippen LogP contribution < -0.4 is 5.32 Å². The molecule has 3 N–H and O–H groups in total. The molecule has 0 heterocycles. The molecule has 1 aromatic rings. The lowest BCUT2D eigenvalue weighted by molar-refractivity contribution is 0.389. The Morgan fingerprint density at radius 2 is 1.94 bits per heavy atom. The zero-order valence-electron chi connectivity index (χ0n) is 9.69. The van der Waals surface area contributed by atoms with Gasteiger partial charge in [-0.15, -0.1) is 0 Å². The summed E-state index contributed by atoms with van der Waals surface area (Å²) in [5, 5.41) is 22.2. The summed E-state index contributed by atoms with van der Waals surface area (Å²) in [5.74, 6) is -0.0999. The number of halogens is 1. The minimum Gasteiger partial charge on any atom is -0.504 e. The monoisotopic (exact) mass is 347 g/mol. The summed E-state index contributed by atoms with van der Waals surface area (Å²) < 4.78 is 0.701. The van der Waals surface area contributed by atoms with Crippen molar-refractivity contribution in [1.29, 1.82) is 0 Å². The van der Waals surface area contributed by atoms with Crippen molar-refractivity contribution in [1.82, 2.24) is 5.32 Å². The topological polar surface area (TPSA) is 52.5 Å². The molecule has 2 rings (SSSR count). The van der Waals surface area contributed by atoms with Gasteiger partial charge in [0.05, 0.1) is 0 Å². The molecule has 0 amide bonds. The number of hydrogen-bond acceptors (Lipinski definition) is 3. The van der Waals surface area contributed by atoms with Gasteiger partial charge in [0, 0.05) is 16.5 Å². The van der Waals surface area contributed by atoms with Gasteiger partial charge in [0.25, 0.3) is 0 Å². The Kier molecular flexibility index (Phi) is 4.50. The van der Waals surface area contributed by atoms with Gasteiger partial charge in [0.15, 0.2) is 11.5 Å². The lowest BCUT2D eigenvalue weighted by Gasteiger charge is -2.28. The van der Waals surface area contributed by atoms with E-state index in [-0.39, 0.29) is 11.5 Å². The van der Waals surface area contributed by atoms with E-state index < -0.39 is 0 Å². The standard InChI is InChI=1S/C13H18INO2/c14-10-3-1-2-4-11(10)15-8-9-5-6-12(16)13(17)7-9/h5-7,10-11,15-17H,1-4,8H2/t10-,11?/m1/s1. The Balaban J connectivity index is 1.90. The molecule has 3 nitrogen and oxygen atoms in total. The Bertz CT molecular complexity index is 384. The molecule has 0 saturated heterocycles. The highest BCUT2D eigenvalue weighted by atomic mass is 127. The number of nitrogens with one attached hydrogen (secondary N) is 1. The maximum absolute atomic E-state index is 9.41. The molecule has 0 aliphatic heterocycles. The molecule has 0 aromatic heterocycles. The predicted molar refractivity (Wildman–Crippen MR) is 76.7 cm³/mol. The van der Waals surface area contributed by atoms with Crippen molar-refractivity contribution in [3.63, 3.8) is 0 Å². The molecular formula is C13H18INO2. The number of phenols is 2. The molecule has 1 saturated carbocycles. The number of rotatable bonds is 3. The highest BCUT2D eigenvalue weighted by Crippen LogP contribution is 2.27. The molecule has 1 aliphatic rings. The van der Waals surface area contributed by atoms with E-state index in [1.54, 1.807) is 6.07 Å². The lowest BCUT2D eigenvalue weighted by Crippen LogP contribution is -2.38.